The van der Waals surface area contributed by atoms with Crippen LogP contribution in [0.2, 0.25) is 0 Å². The van der Waals surface area contributed by atoms with Gasteiger partial charge in [0, 0.05) is 53.6 Å². The number of carbonyl (C=O) groups is 2. The number of rotatable bonds is 8. The van der Waals surface area contributed by atoms with Gasteiger partial charge < -0.3 is 14.4 Å². The average Bonchev–Trinajstić information content (AvgIpc) is 3.38. The van der Waals surface area contributed by atoms with Crippen molar-refractivity contribution in [1.82, 2.24) is 4.98 Å². The van der Waals surface area contributed by atoms with Crippen molar-refractivity contribution in [1.29, 1.82) is 0 Å². The molecular formula is C30H33N3O4S. The van der Waals surface area contributed by atoms with Crippen LogP contribution in [-0.4, -0.2) is 49.9 Å². The van der Waals surface area contributed by atoms with Crippen molar-refractivity contribution in [2.24, 2.45) is 10.9 Å². The molecule has 8 heteroatoms. The number of carbonyl (C=O) groups excluding carboxylic acids is 2. The van der Waals surface area contributed by atoms with Gasteiger partial charge in [-0.25, -0.2) is 9.78 Å². The third-order valence-electron chi connectivity index (χ3n) is 6.57. The first-order chi connectivity index (χ1) is 18.3. The number of aliphatic imine (C=N–C) groups is 1. The molecule has 0 radical (unpaired) electrons. The Balaban J connectivity index is 1.83. The van der Waals surface area contributed by atoms with Crippen molar-refractivity contribution in [2.75, 3.05) is 32.2 Å². The molecule has 1 aliphatic rings. The molecule has 0 amide bonds. The molecule has 2 heterocycles. The van der Waals surface area contributed by atoms with Crippen LogP contribution in [0.3, 0.4) is 0 Å². The summed E-state index contributed by atoms with van der Waals surface area (Å²) in [6, 6.07) is 16.0. The summed E-state index contributed by atoms with van der Waals surface area (Å²) in [5.41, 5.74) is 6.19. The van der Waals surface area contributed by atoms with Crippen molar-refractivity contribution >= 4 is 34.7 Å². The minimum absolute atomic E-state index is 0.221. The van der Waals surface area contributed by atoms with Gasteiger partial charge in [0.1, 0.15) is 10.9 Å². The summed E-state index contributed by atoms with van der Waals surface area (Å²) in [4.78, 5) is 38.0. The number of hydrogen-bond donors (Lipinski definition) is 0. The molecule has 38 heavy (non-hydrogen) atoms. The molecule has 2 atom stereocenters. The van der Waals surface area contributed by atoms with E-state index in [2.05, 4.69) is 34.2 Å². The predicted octanol–water partition coefficient (Wildman–Crippen LogP) is 6.12. The zero-order valence-corrected chi connectivity index (χ0v) is 23.5. The van der Waals surface area contributed by atoms with Crippen molar-refractivity contribution in [3.63, 3.8) is 0 Å². The second kappa shape index (κ2) is 11.7. The highest BCUT2D eigenvalue weighted by Gasteiger charge is 2.43. The number of benzene rings is 2. The lowest BCUT2D eigenvalue weighted by Crippen LogP contribution is -2.36. The molecule has 0 bridgehead atoms. The summed E-state index contributed by atoms with van der Waals surface area (Å²) in [6.45, 7) is 7.58. The monoisotopic (exact) mass is 531 g/mol. The standard InChI is InChI=1S/C30H33N3O4S/c1-7-36-29(34)25-18(3)31-19(4)26(30(35)37-8-2)27(25)22-11-9-10-12-23(22)28-32-24(17-38-28)20-13-15-21(16-14-20)33(5)6/h9-17,25,27H,7-8H2,1-6H3. The first kappa shape index (κ1) is 27.3. The molecular weight excluding hydrogens is 498 g/mol. The second-order valence-electron chi connectivity index (χ2n) is 9.25. The Morgan fingerprint density at radius 2 is 1.66 bits per heavy atom. The van der Waals surface area contributed by atoms with Crippen molar-refractivity contribution in [2.45, 2.75) is 33.6 Å². The van der Waals surface area contributed by atoms with Crippen LogP contribution in [0.25, 0.3) is 21.8 Å². The molecule has 0 saturated carbocycles. The molecule has 0 spiro atoms. The van der Waals surface area contributed by atoms with Gasteiger partial charge in [-0.15, -0.1) is 11.3 Å². The average molecular weight is 532 g/mol. The van der Waals surface area contributed by atoms with Crippen LogP contribution in [0.15, 0.2) is 70.2 Å². The SMILES string of the molecule is CCOC(=O)C1=C(C)N=C(C)C(C(=O)OCC)C1c1ccccc1-c1nc(-c2ccc(N(C)C)cc2)cs1. The minimum atomic E-state index is -0.753. The number of anilines is 1. The lowest BCUT2D eigenvalue weighted by molar-refractivity contribution is -0.146. The van der Waals surface area contributed by atoms with Gasteiger partial charge in [-0.1, -0.05) is 36.4 Å². The fourth-order valence-electron chi connectivity index (χ4n) is 4.81. The maximum absolute atomic E-state index is 13.2. The van der Waals surface area contributed by atoms with Crippen LogP contribution in [0.5, 0.6) is 0 Å². The lowest BCUT2D eigenvalue weighted by atomic mass is 9.74. The molecule has 0 saturated heterocycles. The lowest BCUT2D eigenvalue weighted by Gasteiger charge is -2.32. The molecule has 198 valence electrons. The summed E-state index contributed by atoms with van der Waals surface area (Å²) in [6.07, 6.45) is 0. The van der Waals surface area contributed by atoms with Crippen LogP contribution in [0.1, 0.15) is 39.2 Å². The van der Waals surface area contributed by atoms with Crippen molar-refractivity contribution in [3.05, 3.63) is 70.7 Å². The Hall–Kier alpha value is -3.78. The zero-order chi connectivity index (χ0) is 27.4. The molecule has 7 nitrogen and oxygen atoms in total. The molecule has 4 rings (SSSR count). The molecule has 0 aliphatic carbocycles. The molecule has 0 N–H and O–H groups in total. The summed E-state index contributed by atoms with van der Waals surface area (Å²) in [5.74, 6) is -2.26. The van der Waals surface area contributed by atoms with E-state index in [1.807, 2.05) is 50.7 Å². The van der Waals surface area contributed by atoms with Gasteiger partial charge in [0.15, 0.2) is 0 Å². The van der Waals surface area contributed by atoms with E-state index >= 15 is 0 Å². The van der Waals surface area contributed by atoms with E-state index < -0.39 is 23.8 Å². The van der Waals surface area contributed by atoms with Crippen molar-refractivity contribution < 1.29 is 19.1 Å². The Labute approximate surface area is 227 Å². The number of thiazole rings is 1. The Kier molecular flexibility index (Phi) is 8.42. The molecule has 2 aromatic carbocycles. The van der Waals surface area contributed by atoms with Gasteiger partial charge in [-0.05, 0) is 45.4 Å². The van der Waals surface area contributed by atoms with E-state index in [-0.39, 0.29) is 13.2 Å². The van der Waals surface area contributed by atoms with Gasteiger partial charge >= 0.3 is 11.9 Å². The molecule has 1 aromatic heterocycles. The van der Waals surface area contributed by atoms with Crippen LogP contribution in [-0.2, 0) is 19.1 Å². The van der Waals surface area contributed by atoms with Crippen LogP contribution in [0, 0.1) is 5.92 Å². The Bertz CT molecular complexity index is 1390. The number of ether oxygens (including phenoxy) is 2. The molecule has 2 unspecified atom stereocenters. The van der Waals surface area contributed by atoms with E-state index in [1.165, 1.54) is 11.3 Å². The summed E-state index contributed by atoms with van der Waals surface area (Å²) in [5, 5.41) is 2.83. The van der Waals surface area contributed by atoms with Crippen LogP contribution >= 0.6 is 11.3 Å². The van der Waals surface area contributed by atoms with Crippen LogP contribution in [0.4, 0.5) is 5.69 Å². The van der Waals surface area contributed by atoms with Gasteiger partial charge in [0.25, 0.3) is 0 Å². The summed E-state index contributed by atoms with van der Waals surface area (Å²) < 4.78 is 10.9. The quantitative estimate of drug-likeness (QED) is 0.326. The number of hydrogen-bond acceptors (Lipinski definition) is 8. The first-order valence-electron chi connectivity index (χ1n) is 12.7. The molecule has 0 fully saturated rings. The van der Waals surface area contributed by atoms with E-state index in [9.17, 15) is 9.59 Å². The maximum Gasteiger partial charge on any atom is 0.336 e. The topological polar surface area (TPSA) is 81.1 Å². The summed E-state index contributed by atoms with van der Waals surface area (Å²) >= 11 is 1.53. The Morgan fingerprint density at radius 3 is 2.32 bits per heavy atom. The number of allylic oxidation sites excluding steroid dienone is 1. The third-order valence-corrected chi connectivity index (χ3v) is 7.45. The van der Waals surface area contributed by atoms with E-state index in [1.54, 1.807) is 20.8 Å². The van der Waals surface area contributed by atoms with Crippen molar-refractivity contribution in [3.8, 4) is 21.8 Å². The fourth-order valence-corrected chi connectivity index (χ4v) is 5.68. The number of aromatic nitrogens is 1. The van der Waals surface area contributed by atoms with Gasteiger partial charge in [-0.3, -0.25) is 9.79 Å². The molecule has 3 aromatic rings. The highest BCUT2D eigenvalue weighted by molar-refractivity contribution is 7.13. The largest absolute Gasteiger partial charge is 0.465 e. The molecule has 1 aliphatic heterocycles. The number of esters is 2. The normalized spacial score (nSPS) is 17.2. The number of nitrogens with zero attached hydrogens (tertiary/aromatic N) is 3. The van der Waals surface area contributed by atoms with Gasteiger partial charge in [0.2, 0.25) is 0 Å². The Morgan fingerprint density at radius 1 is 0.974 bits per heavy atom. The smallest absolute Gasteiger partial charge is 0.336 e. The maximum atomic E-state index is 13.2. The first-order valence-corrected chi connectivity index (χ1v) is 13.6. The highest BCUT2D eigenvalue weighted by Crippen LogP contribution is 2.44. The van der Waals surface area contributed by atoms with E-state index in [4.69, 9.17) is 14.5 Å². The van der Waals surface area contributed by atoms with Gasteiger partial charge in [0.05, 0.1) is 24.5 Å². The third kappa shape index (κ3) is 5.41. The summed E-state index contributed by atoms with van der Waals surface area (Å²) in [7, 11) is 4.02. The predicted molar refractivity (Wildman–Crippen MR) is 153 cm³/mol. The van der Waals surface area contributed by atoms with E-state index in [0.29, 0.717) is 17.0 Å². The van der Waals surface area contributed by atoms with Gasteiger partial charge in [-0.2, -0.15) is 0 Å². The minimum Gasteiger partial charge on any atom is -0.465 e. The van der Waals surface area contributed by atoms with Crippen LogP contribution < -0.4 is 4.90 Å². The highest BCUT2D eigenvalue weighted by atomic mass is 32.1. The van der Waals surface area contributed by atoms with E-state index in [0.717, 1.165) is 33.1 Å². The zero-order valence-electron chi connectivity index (χ0n) is 22.6. The second-order valence-corrected chi connectivity index (χ2v) is 10.1. The fraction of sp³-hybridized carbons (Fsp3) is 0.333.